The van der Waals surface area contributed by atoms with Gasteiger partial charge >= 0.3 is 6.09 Å². The molecule has 0 bridgehead atoms. The maximum absolute atomic E-state index is 11.7. The van der Waals surface area contributed by atoms with Gasteiger partial charge in [-0.2, -0.15) is 0 Å². The van der Waals surface area contributed by atoms with Crippen LogP contribution in [0.5, 0.6) is 5.75 Å². The Morgan fingerprint density at radius 2 is 1.72 bits per heavy atom. The van der Waals surface area contributed by atoms with Gasteiger partial charge in [0.05, 0.1) is 6.61 Å². The van der Waals surface area contributed by atoms with Gasteiger partial charge < -0.3 is 14.4 Å². The van der Waals surface area contributed by atoms with Gasteiger partial charge in [0, 0.05) is 32.7 Å². The third kappa shape index (κ3) is 5.63. The molecule has 1 saturated heterocycles. The summed E-state index contributed by atoms with van der Waals surface area (Å²) in [4.78, 5) is 15.8. The predicted octanol–water partition coefficient (Wildman–Crippen LogP) is 3.53. The topological polar surface area (TPSA) is 42.0 Å². The minimum absolute atomic E-state index is 0.200. The number of carbonyl (C=O) groups excluding carboxylic acids is 1. The van der Waals surface area contributed by atoms with Crippen LogP contribution in [0.4, 0.5) is 4.79 Å². The van der Waals surface area contributed by atoms with Crippen molar-refractivity contribution in [1.29, 1.82) is 0 Å². The minimum atomic E-state index is -0.200. The van der Waals surface area contributed by atoms with Gasteiger partial charge in [-0.05, 0) is 36.5 Å². The molecule has 0 atom stereocenters. The average molecular weight is 348 g/mol. The monoisotopic (exact) mass is 348 g/mol. The summed E-state index contributed by atoms with van der Waals surface area (Å²) in [5.41, 5.74) is 1.55. The Morgan fingerprint density at radius 1 is 1.08 bits per heavy atom. The number of hydrogen-bond acceptors (Lipinski definition) is 4. The van der Waals surface area contributed by atoms with Crippen LogP contribution in [-0.2, 0) is 10.2 Å². The molecule has 0 aromatic heterocycles. The molecule has 1 aromatic rings. The molecule has 1 amide bonds. The molecule has 0 unspecified atom stereocenters. The van der Waals surface area contributed by atoms with Crippen molar-refractivity contribution in [1.82, 2.24) is 9.80 Å². The van der Waals surface area contributed by atoms with Crippen molar-refractivity contribution in [2.75, 3.05) is 45.9 Å². The first-order valence-corrected chi connectivity index (χ1v) is 9.33. The third-order valence-electron chi connectivity index (χ3n) is 5.09. The zero-order chi connectivity index (χ0) is 18.3. The maximum atomic E-state index is 11.7. The number of benzene rings is 1. The van der Waals surface area contributed by atoms with E-state index in [4.69, 9.17) is 9.47 Å². The minimum Gasteiger partial charge on any atom is -0.492 e. The number of carbonyl (C=O) groups is 1. The summed E-state index contributed by atoms with van der Waals surface area (Å²) < 4.78 is 10.9. The first kappa shape index (κ1) is 19.6. The van der Waals surface area contributed by atoms with Crippen LogP contribution in [-0.4, -0.2) is 61.8 Å². The van der Waals surface area contributed by atoms with Gasteiger partial charge in [0.25, 0.3) is 0 Å². The smallest absolute Gasteiger partial charge is 0.409 e. The largest absolute Gasteiger partial charge is 0.492 e. The summed E-state index contributed by atoms with van der Waals surface area (Å²) in [5, 5.41) is 0. The molecule has 25 heavy (non-hydrogen) atoms. The second-order valence-electron chi connectivity index (χ2n) is 7.14. The van der Waals surface area contributed by atoms with E-state index in [-0.39, 0.29) is 11.5 Å². The molecule has 1 aliphatic heterocycles. The molecule has 1 aliphatic rings. The lowest BCUT2D eigenvalue weighted by Crippen LogP contribution is -2.49. The zero-order valence-corrected chi connectivity index (χ0v) is 16.1. The van der Waals surface area contributed by atoms with E-state index < -0.39 is 0 Å². The molecule has 0 radical (unpaired) electrons. The summed E-state index contributed by atoms with van der Waals surface area (Å²) >= 11 is 0. The fourth-order valence-corrected chi connectivity index (χ4v) is 2.87. The van der Waals surface area contributed by atoms with Gasteiger partial charge in [0.2, 0.25) is 0 Å². The van der Waals surface area contributed by atoms with Crippen LogP contribution in [0.3, 0.4) is 0 Å². The molecule has 1 heterocycles. The highest BCUT2D eigenvalue weighted by atomic mass is 16.6. The van der Waals surface area contributed by atoms with Gasteiger partial charge in [-0.15, -0.1) is 0 Å². The molecule has 0 N–H and O–H groups in total. The van der Waals surface area contributed by atoms with Gasteiger partial charge in [-0.25, -0.2) is 4.79 Å². The Labute approximate surface area is 151 Å². The van der Waals surface area contributed by atoms with Crippen molar-refractivity contribution in [3.63, 3.8) is 0 Å². The summed E-state index contributed by atoms with van der Waals surface area (Å²) in [6.45, 7) is 13.7. The maximum Gasteiger partial charge on any atom is 0.409 e. The van der Waals surface area contributed by atoms with Crippen molar-refractivity contribution in [3.05, 3.63) is 29.8 Å². The second-order valence-corrected chi connectivity index (χ2v) is 7.14. The van der Waals surface area contributed by atoms with Gasteiger partial charge in [0.1, 0.15) is 12.4 Å². The van der Waals surface area contributed by atoms with E-state index in [1.807, 2.05) is 6.92 Å². The molecule has 2 rings (SSSR count). The molecule has 0 saturated carbocycles. The first-order chi connectivity index (χ1) is 12.0. The van der Waals surface area contributed by atoms with Crippen molar-refractivity contribution >= 4 is 6.09 Å². The van der Waals surface area contributed by atoms with E-state index in [0.29, 0.717) is 13.2 Å². The van der Waals surface area contributed by atoms with E-state index in [1.54, 1.807) is 4.90 Å². The second kappa shape index (κ2) is 9.09. The lowest BCUT2D eigenvalue weighted by atomic mass is 9.82. The van der Waals surface area contributed by atoms with Crippen LogP contribution in [0.15, 0.2) is 24.3 Å². The van der Waals surface area contributed by atoms with E-state index in [2.05, 4.69) is 49.9 Å². The molecule has 0 spiro atoms. The number of amides is 1. The fraction of sp³-hybridized carbons (Fsp3) is 0.650. The zero-order valence-electron chi connectivity index (χ0n) is 16.1. The Balaban J connectivity index is 1.71. The Bertz CT molecular complexity index is 534. The highest BCUT2D eigenvalue weighted by Gasteiger charge is 2.21. The number of hydrogen-bond donors (Lipinski definition) is 0. The van der Waals surface area contributed by atoms with Crippen LogP contribution in [0.1, 0.15) is 39.7 Å². The summed E-state index contributed by atoms with van der Waals surface area (Å²) in [5.74, 6) is 0.917. The average Bonchev–Trinajstić information content (AvgIpc) is 2.63. The normalized spacial score (nSPS) is 15.9. The third-order valence-corrected chi connectivity index (χ3v) is 5.09. The first-order valence-electron chi connectivity index (χ1n) is 9.33. The number of ether oxygens (including phenoxy) is 2. The Hall–Kier alpha value is -1.75. The van der Waals surface area contributed by atoms with Gasteiger partial charge in [0.15, 0.2) is 0 Å². The Kier molecular flexibility index (Phi) is 7.12. The predicted molar refractivity (Wildman–Crippen MR) is 100 cm³/mol. The number of nitrogens with zero attached hydrogens (tertiary/aromatic N) is 2. The molecule has 0 aliphatic carbocycles. The van der Waals surface area contributed by atoms with Crippen LogP contribution in [0.25, 0.3) is 0 Å². The number of rotatable bonds is 7. The van der Waals surface area contributed by atoms with Gasteiger partial charge in [-0.3, -0.25) is 4.90 Å². The van der Waals surface area contributed by atoms with Crippen LogP contribution < -0.4 is 4.74 Å². The molecular formula is C20H32N2O3. The van der Waals surface area contributed by atoms with E-state index in [0.717, 1.165) is 44.9 Å². The van der Waals surface area contributed by atoms with Crippen LogP contribution >= 0.6 is 0 Å². The fourth-order valence-electron chi connectivity index (χ4n) is 2.87. The summed E-state index contributed by atoms with van der Waals surface area (Å²) in [7, 11) is 0. The van der Waals surface area contributed by atoms with E-state index in [9.17, 15) is 4.79 Å². The quantitative estimate of drug-likeness (QED) is 0.756. The highest BCUT2D eigenvalue weighted by Crippen LogP contribution is 2.28. The molecule has 1 fully saturated rings. The van der Waals surface area contributed by atoms with Crippen molar-refractivity contribution < 1.29 is 14.3 Å². The van der Waals surface area contributed by atoms with Crippen LogP contribution in [0.2, 0.25) is 0 Å². The van der Waals surface area contributed by atoms with Crippen molar-refractivity contribution in [2.45, 2.75) is 39.5 Å². The SMILES string of the molecule is CCOC(=O)N1CCN(CCOc2ccc(C(C)(C)CC)cc2)CC1. The summed E-state index contributed by atoms with van der Waals surface area (Å²) in [6, 6.07) is 8.45. The number of piperazine rings is 1. The lowest BCUT2D eigenvalue weighted by Gasteiger charge is -2.33. The molecule has 5 nitrogen and oxygen atoms in total. The molecule has 140 valence electrons. The standard InChI is InChI=1S/C20H32N2O3/c1-5-20(3,4)17-7-9-18(10-8-17)25-16-15-21-11-13-22(14-12-21)19(23)24-6-2/h7-10H,5-6,11-16H2,1-4H3. The molecule has 5 heteroatoms. The highest BCUT2D eigenvalue weighted by molar-refractivity contribution is 5.67. The van der Waals surface area contributed by atoms with E-state index >= 15 is 0 Å². The molecule has 1 aromatic carbocycles. The molecular weight excluding hydrogens is 316 g/mol. The summed E-state index contributed by atoms with van der Waals surface area (Å²) in [6.07, 6.45) is 0.916. The van der Waals surface area contributed by atoms with E-state index in [1.165, 1.54) is 5.56 Å². The van der Waals surface area contributed by atoms with Crippen LogP contribution in [0, 0.1) is 0 Å². The lowest BCUT2D eigenvalue weighted by molar-refractivity contribution is 0.0757. The van der Waals surface area contributed by atoms with Crippen molar-refractivity contribution in [3.8, 4) is 5.75 Å². The van der Waals surface area contributed by atoms with Gasteiger partial charge in [-0.1, -0.05) is 32.9 Å². The Morgan fingerprint density at radius 3 is 2.28 bits per heavy atom. The van der Waals surface area contributed by atoms with Crippen molar-refractivity contribution in [2.24, 2.45) is 0 Å².